The van der Waals surface area contributed by atoms with Crippen molar-refractivity contribution in [2.24, 2.45) is 0 Å². The van der Waals surface area contributed by atoms with Gasteiger partial charge in [0.1, 0.15) is 11.2 Å². The molecule has 0 saturated heterocycles. The number of hydrogen-bond acceptors (Lipinski definition) is 3. The Morgan fingerprint density at radius 3 is 1.56 bits per heavy atom. The molecule has 0 radical (unpaired) electrons. The Bertz CT molecular complexity index is 3780. The van der Waals surface area contributed by atoms with Crippen molar-refractivity contribution in [1.82, 2.24) is 0 Å². The van der Waals surface area contributed by atoms with E-state index in [4.69, 9.17) is 4.42 Å². The molecular formula is C63H48N2O. The first-order valence-electron chi connectivity index (χ1n) is 23.2. The fraction of sp³-hybridized carbons (Fsp3) is 0.111. The van der Waals surface area contributed by atoms with Crippen molar-refractivity contribution in [3.63, 3.8) is 0 Å². The molecule has 2 aliphatic rings. The third kappa shape index (κ3) is 5.50. The highest BCUT2D eigenvalue weighted by molar-refractivity contribution is 6.19. The van der Waals surface area contributed by atoms with E-state index in [9.17, 15) is 0 Å². The molecule has 11 aromatic rings. The van der Waals surface area contributed by atoms with Crippen LogP contribution in [0, 0.1) is 6.92 Å². The average molecular weight is 849 g/mol. The van der Waals surface area contributed by atoms with Crippen LogP contribution in [0.15, 0.2) is 205 Å². The van der Waals surface area contributed by atoms with Crippen molar-refractivity contribution in [2.75, 3.05) is 9.80 Å². The summed E-state index contributed by atoms with van der Waals surface area (Å²) < 4.78 is 6.27. The highest BCUT2D eigenvalue weighted by Crippen LogP contribution is 2.55. The van der Waals surface area contributed by atoms with Crippen molar-refractivity contribution >= 4 is 77.6 Å². The number of rotatable bonds is 6. The lowest BCUT2D eigenvalue weighted by molar-refractivity contribution is 0.645. The highest BCUT2D eigenvalue weighted by atomic mass is 16.3. The van der Waals surface area contributed by atoms with Crippen LogP contribution in [-0.4, -0.2) is 0 Å². The Hall–Kier alpha value is -7.88. The molecule has 316 valence electrons. The van der Waals surface area contributed by atoms with Crippen LogP contribution >= 0.6 is 0 Å². The summed E-state index contributed by atoms with van der Waals surface area (Å²) in [6.07, 6.45) is 0. The normalized spacial score (nSPS) is 14.1. The first kappa shape index (κ1) is 38.6. The quantitative estimate of drug-likeness (QED) is 0.155. The van der Waals surface area contributed by atoms with Crippen molar-refractivity contribution < 1.29 is 4.42 Å². The van der Waals surface area contributed by atoms with Gasteiger partial charge in [0, 0.05) is 55.7 Å². The largest absolute Gasteiger partial charge is 0.456 e. The van der Waals surface area contributed by atoms with Gasteiger partial charge in [0.25, 0.3) is 0 Å². The molecule has 13 rings (SSSR count). The van der Waals surface area contributed by atoms with Crippen LogP contribution in [0.3, 0.4) is 0 Å². The van der Waals surface area contributed by atoms with Crippen LogP contribution in [-0.2, 0) is 10.8 Å². The molecule has 1 heterocycles. The minimum Gasteiger partial charge on any atom is -0.456 e. The number of anilines is 6. The van der Waals surface area contributed by atoms with E-state index in [2.05, 4.69) is 232 Å². The van der Waals surface area contributed by atoms with Gasteiger partial charge >= 0.3 is 0 Å². The lowest BCUT2D eigenvalue weighted by atomic mass is 9.67. The number of aryl methyl sites for hydroxylation is 1. The maximum Gasteiger partial charge on any atom is 0.135 e. The van der Waals surface area contributed by atoms with E-state index in [0.29, 0.717) is 0 Å². The predicted molar refractivity (Wildman–Crippen MR) is 278 cm³/mol. The fourth-order valence-electron chi connectivity index (χ4n) is 11.7. The SMILES string of the molecule is Cc1c2c3c(cccc3c3cc(N(c4ccccc4)c4ccc5oc6ccccc6c5c4)ccc13)C(C)(C)c1cc(N(c3ccccc3)c3ccc4c(c3)C(C)(C)c3ccccc3-4)ccc1-2. The van der Waals surface area contributed by atoms with Crippen LogP contribution in [0.1, 0.15) is 55.5 Å². The molecule has 66 heavy (non-hydrogen) atoms. The summed E-state index contributed by atoms with van der Waals surface area (Å²) in [7, 11) is 0. The van der Waals surface area contributed by atoms with Crippen LogP contribution in [0.5, 0.6) is 0 Å². The molecule has 0 bridgehead atoms. The number of nitrogens with zero attached hydrogens (tertiary/aromatic N) is 2. The third-order valence-corrected chi connectivity index (χ3v) is 15.0. The summed E-state index contributed by atoms with van der Waals surface area (Å²) in [4.78, 5) is 4.83. The van der Waals surface area contributed by atoms with E-state index in [1.807, 2.05) is 12.1 Å². The van der Waals surface area contributed by atoms with E-state index in [-0.39, 0.29) is 10.8 Å². The van der Waals surface area contributed by atoms with Gasteiger partial charge in [-0.25, -0.2) is 0 Å². The zero-order valence-electron chi connectivity index (χ0n) is 37.9. The van der Waals surface area contributed by atoms with E-state index in [1.54, 1.807) is 0 Å². The second kappa shape index (κ2) is 14.1. The number of fused-ring (bicyclic) bond motifs is 10. The van der Waals surface area contributed by atoms with Gasteiger partial charge in [-0.05, 0) is 163 Å². The van der Waals surface area contributed by atoms with E-state index < -0.39 is 0 Å². The monoisotopic (exact) mass is 848 g/mol. The summed E-state index contributed by atoms with van der Waals surface area (Å²) >= 11 is 0. The number of furan rings is 1. The molecule has 3 nitrogen and oxygen atoms in total. The van der Waals surface area contributed by atoms with Gasteiger partial charge in [-0.2, -0.15) is 0 Å². The third-order valence-electron chi connectivity index (χ3n) is 15.0. The minimum absolute atomic E-state index is 0.102. The van der Waals surface area contributed by atoms with Gasteiger partial charge in [-0.15, -0.1) is 0 Å². The Morgan fingerprint density at radius 1 is 0.333 bits per heavy atom. The molecule has 0 N–H and O–H groups in total. The molecule has 1 aromatic heterocycles. The van der Waals surface area contributed by atoms with Crippen LogP contribution in [0.4, 0.5) is 34.1 Å². The molecule has 0 saturated carbocycles. The summed E-state index contributed by atoms with van der Waals surface area (Å²) in [5.74, 6) is 0. The molecule has 0 unspecified atom stereocenters. The van der Waals surface area contributed by atoms with Crippen LogP contribution in [0.25, 0.3) is 65.7 Å². The average Bonchev–Trinajstić information content (AvgIpc) is 3.83. The Kier molecular flexibility index (Phi) is 8.22. The van der Waals surface area contributed by atoms with Gasteiger partial charge in [0.05, 0.1) is 0 Å². The summed E-state index contributed by atoms with van der Waals surface area (Å²) in [5, 5.41) is 7.39. The van der Waals surface area contributed by atoms with Crippen LogP contribution in [0.2, 0.25) is 0 Å². The second-order valence-corrected chi connectivity index (χ2v) is 19.3. The predicted octanol–water partition coefficient (Wildman–Crippen LogP) is 17.8. The molecule has 10 aromatic carbocycles. The minimum atomic E-state index is -0.279. The van der Waals surface area contributed by atoms with Gasteiger partial charge in [-0.1, -0.05) is 143 Å². The van der Waals surface area contributed by atoms with Crippen molar-refractivity contribution in [1.29, 1.82) is 0 Å². The molecule has 0 atom stereocenters. The highest BCUT2D eigenvalue weighted by Gasteiger charge is 2.38. The smallest absolute Gasteiger partial charge is 0.135 e. The summed E-state index contributed by atoms with van der Waals surface area (Å²) in [6, 6.07) is 73.7. The molecular weight excluding hydrogens is 801 g/mol. The Morgan fingerprint density at radius 2 is 0.833 bits per heavy atom. The van der Waals surface area contributed by atoms with Crippen molar-refractivity contribution in [3.8, 4) is 22.3 Å². The van der Waals surface area contributed by atoms with E-state index in [0.717, 1.165) is 56.1 Å². The van der Waals surface area contributed by atoms with E-state index in [1.165, 1.54) is 71.6 Å². The standard InChI is InChI=1S/C63H48N2O/c1-39-46-31-27-42(64(40-17-8-6-9-18-40)43-30-34-59-53(36-43)49-22-13-15-26-58(49)66-59)35-52(46)50-23-16-25-55-61(50)60(39)51-33-29-45(38-57(51)63(55,4)5)65(41-19-10-7-11-20-41)44-28-32-48-47-21-12-14-24-54(47)62(2,3)56(48)37-44/h6-38H,1-5H3. The van der Waals surface area contributed by atoms with Gasteiger partial charge in [-0.3, -0.25) is 0 Å². The first-order valence-corrected chi connectivity index (χ1v) is 23.2. The Labute approximate surface area is 385 Å². The molecule has 0 spiro atoms. The number of benzene rings is 10. The Balaban J connectivity index is 0.977. The maximum absolute atomic E-state index is 6.27. The number of hydrogen-bond donors (Lipinski definition) is 0. The lowest BCUT2D eigenvalue weighted by Crippen LogP contribution is -2.25. The van der Waals surface area contributed by atoms with Gasteiger partial charge < -0.3 is 14.2 Å². The van der Waals surface area contributed by atoms with Crippen molar-refractivity contribution in [2.45, 2.75) is 45.4 Å². The maximum atomic E-state index is 6.27. The van der Waals surface area contributed by atoms with Gasteiger partial charge in [0.2, 0.25) is 0 Å². The second-order valence-electron chi connectivity index (χ2n) is 19.3. The lowest BCUT2D eigenvalue weighted by Gasteiger charge is -2.38. The van der Waals surface area contributed by atoms with Gasteiger partial charge in [0.15, 0.2) is 0 Å². The fourth-order valence-corrected chi connectivity index (χ4v) is 11.7. The first-order chi connectivity index (χ1) is 32.2. The van der Waals surface area contributed by atoms with E-state index >= 15 is 0 Å². The molecule has 0 amide bonds. The van der Waals surface area contributed by atoms with Crippen LogP contribution < -0.4 is 9.80 Å². The summed E-state index contributed by atoms with van der Waals surface area (Å²) in [5.41, 5.74) is 20.2. The molecule has 0 fully saturated rings. The zero-order chi connectivity index (χ0) is 44.5. The number of para-hydroxylation sites is 3. The molecule has 2 aliphatic carbocycles. The summed E-state index contributed by atoms with van der Waals surface area (Å²) in [6.45, 7) is 11.9. The molecule has 3 heteroatoms. The zero-order valence-corrected chi connectivity index (χ0v) is 37.9. The molecule has 0 aliphatic heterocycles. The van der Waals surface area contributed by atoms with Crippen molar-refractivity contribution in [3.05, 3.63) is 228 Å². The topological polar surface area (TPSA) is 19.6 Å².